The van der Waals surface area contributed by atoms with Crippen LogP contribution in [0.2, 0.25) is 0 Å². The summed E-state index contributed by atoms with van der Waals surface area (Å²) in [4.78, 5) is 27.4. The molecule has 0 fully saturated rings. The SMILES string of the molecule is O=C(NCCCC(=O)N1CCCSc2ccccc21)c1ccco1. The largest absolute Gasteiger partial charge is 0.459 e. The highest BCUT2D eigenvalue weighted by Gasteiger charge is 2.20. The Morgan fingerprint density at radius 1 is 1.21 bits per heavy atom. The van der Waals surface area contributed by atoms with Gasteiger partial charge in [-0.1, -0.05) is 12.1 Å². The van der Waals surface area contributed by atoms with E-state index in [4.69, 9.17) is 4.42 Å². The lowest BCUT2D eigenvalue weighted by Crippen LogP contribution is -2.32. The van der Waals surface area contributed by atoms with Gasteiger partial charge in [-0.25, -0.2) is 0 Å². The van der Waals surface area contributed by atoms with Crippen LogP contribution >= 0.6 is 11.8 Å². The van der Waals surface area contributed by atoms with Gasteiger partial charge in [-0.3, -0.25) is 9.59 Å². The van der Waals surface area contributed by atoms with Gasteiger partial charge in [-0.15, -0.1) is 11.8 Å². The van der Waals surface area contributed by atoms with Gasteiger partial charge >= 0.3 is 0 Å². The topological polar surface area (TPSA) is 62.6 Å². The Kier molecular flexibility index (Phi) is 5.59. The van der Waals surface area contributed by atoms with E-state index in [9.17, 15) is 9.59 Å². The monoisotopic (exact) mass is 344 g/mol. The van der Waals surface area contributed by atoms with Gasteiger partial charge in [0.15, 0.2) is 5.76 Å². The zero-order valence-electron chi connectivity index (χ0n) is 13.4. The van der Waals surface area contributed by atoms with Crippen LogP contribution in [-0.4, -0.2) is 30.7 Å². The van der Waals surface area contributed by atoms with Crippen LogP contribution in [0.5, 0.6) is 0 Å². The van der Waals surface area contributed by atoms with Crippen molar-refractivity contribution in [3.63, 3.8) is 0 Å². The maximum atomic E-state index is 12.6. The van der Waals surface area contributed by atoms with Gasteiger partial charge in [0, 0.05) is 24.4 Å². The van der Waals surface area contributed by atoms with Crippen LogP contribution < -0.4 is 10.2 Å². The summed E-state index contributed by atoms with van der Waals surface area (Å²) in [6.07, 6.45) is 3.47. The lowest BCUT2D eigenvalue weighted by Gasteiger charge is -2.22. The maximum absolute atomic E-state index is 12.6. The molecule has 1 aromatic carbocycles. The third-order valence-electron chi connectivity index (χ3n) is 3.84. The highest BCUT2D eigenvalue weighted by molar-refractivity contribution is 7.99. The Bertz CT molecular complexity index is 700. The van der Waals surface area contributed by atoms with Crippen LogP contribution in [0.3, 0.4) is 0 Å². The fraction of sp³-hybridized carbons (Fsp3) is 0.333. The second-order valence-corrected chi connectivity index (χ2v) is 6.69. The molecule has 0 bridgehead atoms. The van der Waals surface area contributed by atoms with Crippen LogP contribution in [-0.2, 0) is 4.79 Å². The molecule has 0 aliphatic carbocycles. The summed E-state index contributed by atoms with van der Waals surface area (Å²) in [7, 11) is 0. The predicted octanol–water partition coefficient (Wildman–Crippen LogP) is 3.32. The smallest absolute Gasteiger partial charge is 0.286 e. The average Bonchev–Trinajstić information content (AvgIpc) is 3.05. The summed E-state index contributed by atoms with van der Waals surface area (Å²) in [5.41, 5.74) is 1.00. The Labute approximate surface area is 145 Å². The van der Waals surface area contributed by atoms with Crippen LogP contribution in [0.25, 0.3) is 0 Å². The number of carbonyl (C=O) groups excluding carboxylic acids is 2. The van der Waals surface area contributed by atoms with Gasteiger partial charge in [-0.05, 0) is 42.9 Å². The molecule has 1 aromatic heterocycles. The number of nitrogens with zero attached hydrogens (tertiary/aromatic N) is 1. The van der Waals surface area contributed by atoms with Crippen molar-refractivity contribution in [2.24, 2.45) is 0 Å². The minimum absolute atomic E-state index is 0.109. The fourth-order valence-corrected chi connectivity index (χ4v) is 3.65. The van der Waals surface area contributed by atoms with Crippen LogP contribution in [0.1, 0.15) is 29.8 Å². The molecule has 0 saturated heterocycles. The third-order valence-corrected chi connectivity index (χ3v) is 4.99. The summed E-state index contributed by atoms with van der Waals surface area (Å²) < 4.78 is 5.03. The first-order valence-electron chi connectivity index (χ1n) is 8.09. The number of benzene rings is 1. The van der Waals surface area contributed by atoms with E-state index in [1.165, 1.54) is 6.26 Å². The molecule has 0 atom stereocenters. The first-order valence-corrected chi connectivity index (χ1v) is 9.08. The molecule has 0 unspecified atom stereocenters. The summed E-state index contributed by atoms with van der Waals surface area (Å²) in [5.74, 6) is 1.18. The third kappa shape index (κ3) is 4.00. The number of para-hydroxylation sites is 1. The highest BCUT2D eigenvalue weighted by Crippen LogP contribution is 2.33. The number of rotatable bonds is 5. The van der Waals surface area contributed by atoms with Crippen molar-refractivity contribution in [3.05, 3.63) is 48.4 Å². The number of nitrogens with one attached hydrogen (secondary N) is 1. The number of carbonyl (C=O) groups is 2. The molecule has 3 rings (SSSR count). The first kappa shape index (κ1) is 16.6. The van der Waals surface area contributed by atoms with Crippen molar-refractivity contribution in [1.82, 2.24) is 5.32 Å². The Morgan fingerprint density at radius 3 is 2.92 bits per heavy atom. The van der Waals surface area contributed by atoms with Crippen molar-refractivity contribution >= 4 is 29.3 Å². The molecule has 2 aromatic rings. The standard InChI is InChI=1S/C18H20N2O3S/c21-17(9-3-10-19-18(22)15-7-4-12-23-15)20-11-5-13-24-16-8-2-1-6-14(16)20/h1-2,4,6-8,12H,3,5,9-11,13H2,(H,19,22). The van der Waals surface area contributed by atoms with Crippen molar-refractivity contribution in [1.29, 1.82) is 0 Å². The molecule has 1 aliphatic heterocycles. The number of hydrogen-bond donors (Lipinski definition) is 1. The maximum Gasteiger partial charge on any atom is 0.286 e. The van der Waals surface area contributed by atoms with E-state index < -0.39 is 0 Å². The lowest BCUT2D eigenvalue weighted by molar-refractivity contribution is -0.118. The molecule has 126 valence electrons. The molecule has 0 radical (unpaired) electrons. The minimum atomic E-state index is -0.246. The molecule has 2 heterocycles. The molecule has 2 amide bonds. The zero-order valence-corrected chi connectivity index (χ0v) is 14.2. The Balaban J connectivity index is 1.51. The van der Waals surface area contributed by atoms with E-state index in [0.717, 1.165) is 29.3 Å². The van der Waals surface area contributed by atoms with Gasteiger partial charge in [-0.2, -0.15) is 0 Å². The van der Waals surface area contributed by atoms with E-state index in [2.05, 4.69) is 11.4 Å². The van der Waals surface area contributed by atoms with E-state index >= 15 is 0 Å². The van der Waals surface area contributed by atoms with Crippen molar-refractivity contribution in [2.75, 3.05) is 23.7 Å². The van der Waals surface area contributed by atoms with Crippen LogP contribution in [0.4, 0.5) is 5.69 Å². The van der Waals surface area contributed by atoms with Crippen LogP contribution in [0.15, 0.2) is 52.0 Å². The average molecular weight is 344 g/mol. The highest BCUT2D eigenvalue weighted by atomic mass is 32.2. The molecule has 24 heavy (non-hydrogen) atoms. The number of amides is 2. The van der Waals surface area contributed by atoms with Crippen molar-refractivity contribution < 1.29 is 14.0 Å². The number of furan rings is 1. The molecule has 0 spiro atoms. The molecular formula is C18H20N2O3S. The Morgan fingerprint density at radius 2 is 2.08 bits per heavy atom. The zero-order chi connectivity index (χ0) is 16.8. The molecule has 5 nitrogen and oxygen atoms in total. The fourth-order valence-electron chi connectivity index (χ4n) is 2.66. The quantitative estimate of drug-likeness (QED) is 0.845. The van der Waals surface area contributed by atoms with E-state index in [1.807, 2.05) is 23.1 Å². The molecule has 1 aliphatic rings. The van der Waals surface area contributed by atoms with Crippen LogP contribution in [0, 0.1) is 0 Å². The molecular weight excluding hydrogens is 324 g/mol. The summed E-state index contributed by atoms with van der Waals surface area (Å²) in [6, 6.07) is 11.3. The summed E-state index contributed by atoms with van der Waals surface area (Å²) >= 11 is 1.80. The van der Waals surface area contributed by atoms with Crippen molar-refractivity contribution in [3.8, 4) is 0 Å². The predicted molar refractivity (Wildman–Crippen MR) is 94.4 cm³/mol. The van der Waals surface area contributed by atoms with Crippen molar-refractivity contribution in [2.45, 2.75) is 24.2 Å². The summed E-state index contributed by atoms with van der Waals surface area (Å²) in [6.45, 7) is 1.21. The molecule has 0 saturated carbocycles. The number of fused-ring (bicyclic) bond motifs is 1. The van der Waals surface area contributed by atoms with E-state index in [1.54, 1.807) is 23.9 Å². The normalized spacial score (nSPS) is 13.9. The second-order valence-electron chi connectivity index (χ2n) is 5.55. The number of thioether (sulfide) groups is 1. The summed E-state index contributed by atoms with van der Waals surface area (Å²) in [5, 5.41) is 2.77. The van der Waals surface area contributed by atoms with Gasteiger partial charge in [0.1, 0.15) is 0 Å². The molecule has 6 heteroatoms. The lowest BCUT2D eigenvalue weighted by atomic mass is 10.2. The van der Waals surface area contributed by atoms with Gasteiger partial charge in [0.25, 0.3) is 5.91 Å². The Hall–Kier alpha value is -2.21. The number of hydrogen-bond acceptors (Lipinski definition) is 4. The van der Waals surface area contributed by atoms with E-state index in [-0.39, 0.29) is 11.8 Å². The van der Waals surface area contributed by atoms with Gasteiger partial charge < -0.3 is 14.6 Å². The minimum Gasteiger partial charge on any atom is -0.459 e. The van der Waals surface area contributed by atoms with E-state index in [0.29, 0.717) is 25.1 Å². The van der Waals surface area contributed by atoms with Gasteiger partial charge in [0.05, 0.1) is 12.0 Å². The second kappa shape index (κ2) is 8.06. The number of anilines is 1. The molecule has 1 N–H and O–H groups in total. The van der Waals surface area contributed by atoms with Gasteiger partial charge in [0.2, 0.25) is 5.91 Å². The first-order chi connectivity index (χ1) is 11.8.